The summed E-state index contributed by atoms with van der Waals surface area (Å²) in [6.07, 6.45) is 1.97. The molecule has 4 rings (SSSR count). The first-order valence-electron chi connectivity index (χ1n) is 7.85. The van der Waals surface area contributed by atoms with Crippen LogP contribution in [0, 0.1) is 5.82 Å². The molecule has 0 amide bonds. The van der Waals surface area contributed by atoms with E-state index in [2.05, 4.69) is 15.0 Å². The number of halogens is 1. The Balaban J connectivity index is 1.77. The second-order valence-corrected chi connectivity index (χ2v) is 7.85. The monoisotopic (exact) mass is 379 g/mol. The van der Waals surface area contributed by atoms with Crippen LogP contribution in [0.2, 0.25) is 0 Å². The van der Waals surface area contributed by atoms with Gasteiger partial charge in [-0.2, -0.15) is 4.31 Å². The van der Waals surface area contributed by atoms with E-state index >= 15 is 0 Å². The number of hydrogen-bond acceptors (Lipinski definition) is 5. The van der Waals surface area contributed by atoms with Gasteiger partial charge in [0, 0.05) is 12.7 Å². The molecule has 1 aliphatic rings. The highest BCUT2D eigenvalue weighted by Crippen LogP contribution is 2.35. The van der Waals surface area contributed by atoms with Crippen molar-refractivity contribution >= 4 is 21.1 Å². The standard InChI is InChI=1S/C15H14FN5O4S/c16-8-3-4-9-10(6-8)19-13(18-9)11-2-1-5-21(11)26(24,25)12-7-17-15(23)20-14(12)22/h3-4,6-7,11H,1-2,5H2,(H,18,19)(H2,17,20,22,23). The molecule has 136 valence electrons. The summed E-state index contributed by atoms with van der Waals surface area (Å²) in [4.78, 5) is 33.9. The highest BCUT2D eigenvalue weighted by molar-refractivity contribution is 7.89. The molecule has 1 aliphatic heterocycles. The van der Waals surface area contributed by atoms with E-state index in [-0.39, 0.29) is 6.54 Å². The second kappa shape index (κ2) is 5.88. The van der Waals surface area contributed by atoms with Crippen LogP contribution in [-0.4, -0.2) is 39.2 Å². The molecule has 11 heteroatoms. The number of fused-ring (bicyclic) bond motifs is 1. The van der Waals surface area contributed by atoms with E-state index < -0.39 is 38.0 Å². The first-order chi connectivity index (χ1) is 12.4. The average molecular weight is 379 g/mol. The third kappa shape index (κ3) is 2.65. The Hall–Kier alpha value is -2.79. The predicted molar refractivity (Wildman–Crippen MR) is 89.6 cm³/mol. The Kier molecular flexibility index (Phi) is 3.77. The number of sulfonamides is 1. The van der Waals surface area contributed by atoms with Gasteiger partial charge in [0.1, 0.15) is 11.6 Å². The van der Waals surface area contributed by atoms with Crippen LogP contribution in [0.15, 0.2) is 38.9 Å². The van der Waals surface area contributed by atoms with Crippen LogP contribution in [-0.2, 0) is 10.0 Å². The van der Waals surface area contributed by atoms with E-state index in [1.54, 1.807) is 0 Å². The van der Waals surface area contributed by atoms with Gasteiger partial charge in [0.05, 0.1) is 17.1 Å². The van der Waals surface area contributed by atoms with Gasteiger partial charge in [-0.25, -0.2) is 22.6 Å². The predicted octanol–water partition coefficient (Wildman–Crippen LogP) is 0.604. The highest BCUT2D eigenvalue weighted by Gasteiger charge is 2.39. The number of H-pyrrole nitrogens is 3. The summed E-state index contributed by atoms with van der Waals surface area (Å²) < 4.78 is 40.3. The largest absolute Gasteiger partial charge is 0.341 e. The number of hydrogen-bond donors (Lipinski definition) is 3. The minimum Gasteiger partial charge on any atom is -0.341 e. The molecule has 3 aromatic rings. The van der Waals surface area contributed by atoms with Gasteiger partial charge in [-0.1, -0.05) is 0 Å². The van der Waals surface area contributed by atoms with Crippen LogP contribution in [0.3, 0.4) is 0 Å². The van der Waals surface area contributed by atoms with E-state index in [1.165, 1.54) is 22.5 Å². The number of imidazole rings is 1. The van der Waals surface area contributed by atoms with Crippen LogP contribution < -0.4 is 11.2 Å². The van der Waals surface area contributed by atoms with Gasteiger partial charge >= 0.3 is 5.69 Å². The molecular weight excluding hydrogens is 365 g/mol. The first-order valence-corrected chi connectivity index (χ1v) is 9.29. The second-order valence-electron chi connectivity index (χ2n) is 5.99. The highest BCUT2D eigenvalue weighted by atomic mass is 32.2. The van der Waals surface area contributed by atoms with Gasteiger partial charge < -0.3 is 9.97 Å². The zero-order chi connectivity index (χ0) is 18.5. The first kappa shape index (κ1) is 16.7. The van der Waals surface area contributed by atoms with E-state index in [4.69, 9.17) is 0 Å². The van der Waals surface area contributed by atoms with Crippen LogP contribution in [0.5, 0.6) is 0 Å². The van der Waals surface area contributed by atoms with Crippen molar-refractivity contribution in [1.29, 1.82) is 0 Å². The maximum absolute atomic E-state index is 13.4. The molecule has 0 bridgehead atoms. The Morgan fingerprint density at radius 1 is 1.23 bits per heavy atom. The minimum absolute atomic E-state index is 0.205. The van der Waals surface area contributed by atoms with Gasteiger partial charge in [0.15, 0.2) is 4.90 Å². The smallest absolute Gasteiger partial charge is 0.325 e. The van der Waals surface area contributed by atoms with Crippen LogP contribution in [0.4, 0.5) is 4.39 Å². The van der Waals surface area contributed by atoms with Crippen molar-refractivity contribution in [1.82, 2.24) is 24.2 Å². The summed E-state index contributed by atoms with van der Waals surface area (Å²) in [5.74, 6) is -0.0455. The lowest BCUT2D eigenvalue weighted by Gasteiger charge is -2.21. The fourth-order valence-corrected chi connectivity index (χ4v) is 4.83. The van der Waals surface area contributed by atoms with Gasteiger partial charge in [-0.3, -0.25) is 9.78 Å². The Labute approximate surface area is 146 Å². The molecule has 2 aromatic heterocycles. The van der Waals surface area contributed by atoms with E-state index in [9.17, 15) is 22.4 Å². The van der Waals surface area contributed by atoms with E-state index in [1.807, 2.05) is 4.98 Å². The molecule has 1 fully saturated rings. The lowest BCUT2D eigenvalue weighted by molar-refractivity contribution is 0.385. The molecule has 3 N–H and O–H groups in total. The zero-order valence-corrected chi connectivity index (χ0v) is 14.1. The van der Waals surface area contributed by atoms with Crippen molar-refractivity contribution in [2.75, 3.05) is 6.54 Å². The quantitative estimate of drug-likeness (QED) is 0.613. The zero-order valence-electron chi connectivity index (χ0n) is 13.3. The normalized spacial score (nSPS) is 18.6. The molecule has 1 unspecified atom stereocenters. The number of aromatic amines is 3. The summed E-state index contributed by atoms with van der Waals surface area (Å²) in [6.45, 7) is 0.205. The van der Waals surface area contributed by atoms with Gasteiger partial charge in [0.25, 0.3) is 15.6 Å². The summed E-state index contributed by atoms with van der Waals surface area (Å²) in [6, 6.07) is 3.45. The number of nitrogens with zero attached hydrogens (tertiary/aromatic N) is 2. The number of nitrogens with one attached hydrogen (secondary N) is 3. The molecule has 1 atom stereocenters. The van der Waals surface area contributed by atoms with Gasteiger partial charge in [-0.05, 0) is 31.0 Å². The summed E-state index contributed by atoms with van der Waals surface area (Å²) in [7, 11) is -4.14. The topological polar surface area (TPSA) is 132 Å². The Bertz CT molecular complexity index is 1210. The fraction of sp³-hybridized carbons (Fsp3) is 0.267. The Morgan fingerprint density at radius 3 is 2.81 bits per heavy atom. The lowest BCUT2D eigenvalue weighted by Crippen LogP contribution is -2.36. The summed E-state index contributed by atoms with van der Waals surface area (Å²) >= 11 is 0. The van der Waals surface area contributed by atoms with Crippen LogP contribution >= 0.6 is 0 Å². The molecule has 0 saturated carbocycles. The number of aromatic nitrogens is 4. The van der Waals surface area contributed by atoms with Crippen molar-refractivity contribution in [3.8, 4) is 0 Å². The summed E-state index contributed by atoms with van der Waals surface area (Å²) in [5.41, 5.74) is -0.781. The maximum Gasteiger partial charge on any atom is 0.325 e. The van der Waals surface area contributed by atoms with Crippen molar-refractivity contribution in [3.05, 3.63) is 56.9 Å². The summed E-state index contributed by atoms with van der Waals surface area (Å²) in [5, 5.41) is 0. The average Bonchev–Trinajstić information content (AvgIpc) is 3.20. The van der Waals surface area contributed by atoms with Crippen molar-refractivity contribution in [2.24, 2.45) is 0 Å². The minimum atomic E-state index is -4.14. The molecular formula is C15H14FN5O4S. The molecule has 26 heavy (non-hydrogen) atoms. The molecule has 0 radical (unpaired) electrons. The number of benzene rings is 1. The Morgan fingerprint density at radius 2 is 2.04 bits per heavy atom. The third-order valence-electron chi connectivity index (χ3n) is 4.35. The van der Waals surface area contributed by atoms with Crippen molar-refractivity contribution in [3.63, 3.8) is 0 Å². The van der Waals surface area contributed by atoms with Crippen LogP contribution in [0.25, 0.3) is 11.0 Å². The lowest BCUT2D eigenvalue weighted by atomic mass is 10.2. The molecule has 3 heterocycles. The molecule has 0 aliphatic carbocycles. The van der Waals surface area contributed by atoms with E-state index in [0.29, 0.717) is 29.7 Å². The maximum atomic E-state index is 13.4. The van der Waals surface area contributed by atoms with Gasteiger partial charge in [-0.15, -0.1) is 0 Å². The molecule has 1 aromatic carbocycles. The SMILES string of the molecule is O=c1[nH]cc(S(=O)(=O)N2CCCC2c2nc3ccc(F)cc3[nH]2)c(=O)[nH]1. The van der Waals surface area contributed by atoms with Crippen molar-refractivity contribution in [2.45, 2.75) is 23.8 Å². The third-order valence-corrected chi connectivity index (χ3v) is 6.27. The van der Waals surface area contributed by atoms with Gasteiger partial charge in [0.2, 0.25) is 0 Å². The van der Waals surface area contributed by atoms with Crippen LogP contribution in [0.1, 0.15) is 24.7 Å². The molecule has 9 nitrogen and oxygen atoms in total. The number of rotatable bonds is 3. The molecule has 1 saturated heterocycles. The fourth-order valence-electron chi connectivity index (χ4n) is 3.18. The molecule has 0 spiro atoms. The van der Waals surface area contributed by atoms with Crippen molar-refractivity contribution < 1.29 is 12.8 Å². The van der Waals surface area contributed by atoms with E-state index in [0.717, 1.165) is 6.20 Å².